The first-order valence-corrected chi connectivity index (χ1v) is 9.29. The summed E-state index contributed by atoms with van der Waals surface area (Å²) in [7, 11) is 0. The molecule has 0 aliphatic carbocycles. The van der Waals surface area contributed by atoms with E-state index in [1.807, 2.05) is 6.92 Å². The van der Waals surface area contributed by atoms with Gasteiger partial charge in [-0.05, 0) is 54.8 Å². The van der Waals surface area contributed by atoms with E-state index in [1.165, 1.54) is 24.3 Å². The molecule has 2 unspecified atom stereocenters. The van der Waals surface area contributed by atoms with E-state index in [9.17, 15) is 13.6 Å². The second-order valence-electron chi connectivity index (χ2n) is 6.73. The maximum atomic E-state index is 13.7. The number of carbonyl (C=O) groups excluding carboxylic acids is 1. The van der Waals surface area contributed by atoms with E-state index < -0.39 is 6.04 Å². The molecule has 0 aliphatic heterocycles. The number of amides is 1. The van der Waals surface area contributed by atoms with Crippen molar-refractivity contribution in [2.45, 2.75) is 38.9 Å². The molecule has 2 aromatic carbocycles. The standard InChI is InChI=1S/C22H23F2N3O/c1-3-21(18-8-10-19(23)11-9-18)26(15-17-6-4-7-20(24)14-17)22(28)16(2)27-13-5-12-25-27/h4-14,16,21H,3,15H2,1-2H3. The largest absolute Gasteiger partial charge is 0.329 e. The second-order valence-corrected chi connectivity index (χ2v) is 6.73. The molecule has 3 rings (SSSR count). The summed E-state index contributed by atoms with van der Waals surface area (Å²) in [6.45, 7) is 4.00. The Morgan fingerprint density at radius 1 is 1.11 bits per heavy atom. The normalized spacial score (nSPS) is 13.1. The van der Waals surface area contributed by atoms with Gasteiger partial charge in [-0.1, -0.05) is 31.2 Å². The lowest BCUT2D eigenvalue weighted by atomic mass is 10.0. The molecule has 0 radical (unpaired) electrons. The molecule has 0 aliphatic rings. The summed E-state index contributed by atoms with van der Waals surface area (Å²) < 4.78 is 28.7. The highest BCUT2D eigenvalue weighted by molar-refractivity contribution is 5.80. The first kappa shape index (κ1) is 19.7. The topological polar surface area (TPSA) is 38.1 Å². The van der Waals surface area contributed by atoms with E-state index in [4.69, 9.17) is 0 Å². The Labute approximate surface area is 163 Å². The summed E-state index contributed by atoms with van der Waals surface area (Å²) in [6, 6.07) is 13.4. The Kier molecular flexibility index (Phi) is 6.19. The van der Waals surface area contributed by atoms with Gasteiger partial charge in [-0.2, -0.15) is 5.10 Å². The Hall–Kier alpha value is -3.02. The molecule has 1 amide bonds. The van der Waals surface area contributed by atoms with Crippen LogP contribution in [0.1, 0.15) is 43.5 Å². The molecule has 0 saturated carbocycles. The number of hydrogen-bond acceptors (Lipinski definition) is 2. The van der Waals surface area contributed by atoms with Gasteiger partial charge < -0.3 is 4.90 Å². The van der Waals surface area contributed by atoms with Crippen LogP contribution in [0.4, 0.5) is 8.78 Å². The van der Waals surface area contributed by atoms with Crippen LogP contribution in [0.2, 0.25) is 0 Å². The molecule has 1 aromatic heterocycles. The maximum Gasteiger partial charge on any atom is 0.247 e. The van der Waals surface area contributed by atoms with Crippen molar-refractivity contribution in [3.05, 3.63) is 89.8 Å². The highest BCUT2D eigenvalue weighted by atomic mass is 19.1. The third kappa shape index (κ3) is 4.44. The van der Waals surface area contributed by atoms with Gasteiger partial charge in [0.1, 0.15) is 17.7 Å². The third-order valence-electron chi connectivity index (χ3n) is 4.82. The molecule has 4 nitrogen and oxygen atoms in total. The number of benzene rings is 2. The van der Waals surface area contributed by atoms with Gasteiger partial charge in [0.25, 0.3) is 0 Å². The quantitative estimate of drug-likeness (QED) is 0.582. The van der Waals surface area contributed by atoms with Crippen molar-refractivity contribution in [1.82, 2.24) is 14.7 Å². The average molecular weight is 383 g/mol. The van der Waals surface area contributed by atoms with Gasteiger partial charge in [-0.3, -0.25) is 9.48 Å². The minimum atomic E-state index is -0.516. The molecule has 0 N–H and O–H groups in total. The predicted molar refractivity (Wildman–Crippen MR) is 103 cm³/mol. The molecule has 0 saturated heterocycles. The molecule has 146 valence electrons. The highest BCUT2D eigenvalue weighted by Crippen LogP contribution is 2.29. The van der Waals surface area contributed by atoms with E-state index in [0.717, 1.165) is 5.56 Å². The van der Waals surface area contributed by atoms with Crippen LogP contribution in [-0.4, -0.2) is 20.6 Å². The van der Waals surface area contributed by atoms with Gasteiger partial charge in [0.2, 0.25) is 5.91 Å². The van der Waals surface area contributed by atoms with Crippen molar-refractivity contribution in [2.75, 3.05) is 0 Å². The number of carbonyl (C=O) groups is 1. The number of hydrogen-bond donors (Lipinski definition) is 0. The summed E-state index contributed by atoms with van der Waals surface area (Å²) in [5, 5.41) is 4.17. The summed E-state index contributed by atoms with van der Waals surface area (Å²) in [4.78, 5) is 15.1. The first-order chi connectivity index (χ1) is 13.5. The van der Waals surface area contributed by atoms with Crippen LogP contribution >= 0.6 is 0 Å². The van der Waals surface area contributed by atoms with Crippen LogP contribution in [0.3, 0.4) is 0 Å². The lowest BCUT2D eigenvalue weighted by Gasteiger charge is -2.34. The fourth-order valence-electron chi connectivity index (χ4n) is 3.36. The Bertz CT molecular complexity index is 910. The smallest absolute Gasteiger partial charge is 0.247 e. The first-order valence-electron chi connectivity index (χ1n) is 9.29. The van der Waals surface area contributed by atoms with Crippen molar-refractivity contribution in [3.8, 4) is 0 Å². The maximum absolute atomic E-state index is 13.7. The van der Waals surface area contributed by atoms with Crippen molar-refractivity contribution in [2.24, 2.45) is 0 Å². The average Bonchev–Trinajstić information content (AvgIpc) is 3.23. The fraction of sp³-hybridized carbons (Fsp3) is 0.273. The Morgan fingerprint density at radius 2 is 1.86 bits per heavy atom. The zero-order valence-electron chi connectivity index (χ0n) is 15.9. The summed E-state index contributed by atoms with van der Waals surface area (Å²) in [5.74, 6) is -0.810. The van der Waals surface area contributed by atoms with Gasteiger partial charge in [0, 0.05) is 18.9 Å². The van der Waals surface area contributed by atoms with Gasteiger partial charge in [0.05, 0.1) is 6.04 Å². The third-order valence-corrected chi connectivity index (χ3v) is 4.82. The minimum absolute atomic E-state index is 0.135. The molecule has 6 heteroatoms. The van der Waals surface area contributed by atoms with Gasteiger partial charge in [-0.25, -0.2) is 8.78 Å². The lowest BCUT2D eigenvalue weighted by Crippen LogP contribution is -2.38. The van der Waals surface area contributed by atoms with E-state index in [0.29, 0.717) is 12.0 Å². The van der Waals surface area contributed by atoms with Crippen LogP contribution in [0, 0.1) is 11.6 Å². The van der Waals surface area contributed by atoms with E-state index in [1.54, 1.807) is 59.2 Å². The molecular formula is C22H23F2N3O. The van der Waals surface area contributed by atoms with Crippen LogP contribution < -0.4 is 0 Å². The summed E-state index contributed by atoms with van der Waals surface area (Å²) in [5.41, 5.74) is 1.53. The van der Waals surface area contributed by atoms with Crippen LogP contribution in [0.15, 0.2) is 67.0 Å². The van der Waals surface area contributed by atoms with Crippen LogP contribution in [-0.2, 0) is 11.3 Å². The predicted octanol–water partition coefficient (Wildman–Crippen LogP) is 4.90. The Morgan fingerprint density at radius 3 is 2.46 bits per heavy atom. The lowest BCUT2D eigenvalue weighted by molar-refractivity contribution is -0.138. The van der Waals surface area contributed by atoms with Crippen LogP contribution in [0.5, 0.6) is 0 Å². The highest BCUT2D eigenvalue weighted by Gasteiger charge is 2.29. The van der Waals surface area contributed by atoms with E-state index >= 15 is 0 Å². The molecule has 0 fully saturated rings. The molecule has 0 bridgehead atoms. The molecule has 2 atom stereocenters. The molecular weight excluding hydrogens is 360 g/mol. The van der Waals surface area contributed by atoms with Gasteiger partial charge in [0.15, 0.2) is 0 Å². The SMILES string of the molecule is CCC(c1ccc(F)cc1)N(Cc1cccc(F)c1)C(=O)C(C)n1cccn1. The van der Waals surface area contributed by atoms with Crippen molar-refractivity contribution in [3.63, 3.8) is 0 Å². The minimum Gasteiger partial charge on any atom is -0.329 e. The van der Waals surface area contributed by atoms with E-state index in [2.05, 4.69) is 5.10 Å². The van der Waals surface area contributed by atoms with Crippen molar-refractivity contribution in [1.29, 1.82) is 0 Å². The molecule has 1 heterocycles. The fourth-order valence-corrected chi connectivity index (χ4v) is 3.36. The number of nitrogens with zero attached hydrogens (tertiary/aromatic N) is 3. The van der Waals surface area contributed by atoms with Gasteiger partial charge in [-0.15, -0.1) is 0 Å². The number of rotatable bonds is 7. The van der Waals surface area contributed by atoms with Crippen molar-refractivity contribution >= 4 is 5.91 Å². The molecule has 0 spiro atoms. The number of aromatic nitrogens is 2. The van der Waals surface area contributed by atoms with E-state index in [-0.39, 0.29) is 30.1 Å². The zero-order chi connectivity index (χ0) is 20.1. The monoisotopic (exact) mass is 383 g/mol. The summed E-state index contributed by atoms with van der Waals surface area (Å²) >= 11 is 0. The summed E-state index contributed by atoms with van der Waals surface area (Å²) in [6.07, 6.45) is 4.00. The number of halogens is 2. The zero-order valence-corrected chi connectivity index (χ0v) is 15.9. The second kappa shape index (κ2) is 8.78. The molecule has 28 heavy (non-hydrogen) atoms. The van der Waals surface area contributed by atoms with Crippen LogP contribution in [0.25, 0.3) is 0 Å². The van der Waals surface area contributed by atoms with Gasteiger partial charge >= 0.3 is 0 Å². The van der Waals surface area contributed by atoms with Crippen molar-refractivity contribution < 1.29 is 13.6 Å². The Balaban J connectivity index is 1.96. The molecule has 3 aromatic rings.